The second-order valence-corrected chi connectivity index (χ2v) is 7.35. The number of benzene rings is 2. The number of rotatable bonds is 6. The molecule has 2 aromatic rings. The van der Waals surface area contributed by atoms with E-state index in [0.717, 1.165) is 48.3 Å². The molecule has 1 N–H and O–H groups in total. The van der Waals surface area contributed by atoms with E-state index in [0.29, 0.717) is 11.3 Å². The number of anilines is 1. The zero-order valence-corrected chi connectivity index (χ0v) is 17.2. The Labute approximate surface area is 171 Å². The number of nitrogens with one attached hydrogen (secondary N) is 1. The summed E-state index contributed by atoms with van der Waals surface area (Å²) in [5.74, 6) is 0.594. The lowest BCUT2D eigenvalue weighted by Gasteiger charge is -2.24. The summed E-state index contributed by atoms with van der Waals surface area (Å²) in [5, 5.41) is 2.72. The number of carbonyl (C=O) groups is 2. The van der Waals surface area contributed by atoms with Crippen molar-refractivity contribution >= 4 is 23.5 Å². The van der Waals surface area contributed by atoms with Crippen molar-refractivity contribution in [2.75, 3.05) is 11.9 Å². The van der Waals surface area contributed by atoms with E-state index in [-0.39, 0.29) is 18.0 Å². The van der Waals surface area contributed by atoms with Crippen molar-refractivity contribution in [3.63, 3.8) is 0 Å². The van der Waals surface area contributed by atoms with Crippen LogP contribution in [0.25, 0.3) is 6.08 Å². The van der Waals surface area contributed by atoms with Gasteiger partial charge in [-0.15, -0.1) is 0 Å². The van der Waals surface area contributed by atoms with Crippen LogP contribution in [0.5, 0.6) is 5.75 Å². The fraction of sp³-hybridized carbons (Fsp3) is 0.333. The zero-order chi connectivity index (χ0) is 20.8. The lowest BCUT2D eigenvalue weighted by molar-refractivity contribution is -0.114. The van der Waals surface area contributed by atoms with Crippen molar-refractivity contribution in [2.45, 2.75) is 46.3 Å². The Hall–Kier alpha value is -2.92. The van der Waals surface area contributed by atoms with Crippen molar-refractivity contribution in [2.24, 2.45) is 0 Å². The highest BCUT2D eigenvalue weighted by molar-refractivity contribution is 6.08. The summed E-state index contributed by atoms with van der Waals surface area (Å²) in [7, 11) is 0. The maximum absolute atomic E-state index is 12.6. The van der Waals surface area contributed by atoms with Crippen LogP contribution in [0.1, 0.15) is 53.2 Å². The molecule has 0 aliphatic carbocycles. The topological polar surface area (TPSA) is 64.6 Å². The molecule has 1 saturated heterocycles. The third-order valence-electron chi connectivity index (χ3n) is 4.83. The first-order valence-corrected chi connectivity index (χ1v) is 9.92. The molecule has 3 rings (SSSR count). The molecule has 0 saturated carbocycles. The first-order valence-electron chi connectivity index (χ1n) is 9.92. The smallest absolute Gasteiger partial charge is 0.221 e. The fourth-order valence-electron chi connectivity index (χ4n) is 3.34. The van der Waals surface area contributed by atoms with E-state index < -0.39 is 0 Å². The molecule has 152 valence electrons. The minimum atomic E-state index is -0.172. The van der Waals surface area contributed by atoms with E-state index in [1.54, 1.807) is 30.4 Å². The van der Waals surface area contributed by atoms with Gasteiger partial charge < -0.3 is 14.8 Å². The highest BCUT2D eigenvalue weighted by Gasteiger charge is 2.16. The molecule has 1 aliphatic rings. The molecule has 1 aliphatic heterocycles. The summed E-state index contributed by atoms with van der Waals surface area (Å²) < 4.78 is 11.6. The van der Waals surface area contributed by atoms with Crippen LogP contribution in [0.15, 0.2) is 42.5 Å². The van der Waals surface area contributed by atoms with Crippen molar-refractivity contribution < 1.29 is 19.1 Å². The number of ketones is 1. The molecule has 5 nitrogen and oxygen atoms in total. The second-order valence-electron chi connectivity index (χ2n) is 7.35. The van der Waals surface area contributed by atoms with Crippen LogP contribution in [-0.4, -0.2) is 24.6 Å². The number of hydrogen-bond acceptors (Lipinski definition) is 4. The molecule has 1 fully saturated rings. The Morgan fingerprint density at radius 2 is 1.93 bits per heavy atom. The predicted molar refractivity (Wildman–Crippen MR) is 114 cm³/mol. The Morgan fingerprint density at radius 1 is 1.10 bits per heavy atom. The maximum atomic E-state index is 12.6. The normalized spacial score (nSPS) is 16.6. The molecular formula is C24H27NO4. The Kier molecular flexibility index (Phi) is 6.83. The number of ether oxygens (including phenoxy) is 2. The van der Waals surface area contributed by atoms with E-state index >= 15 is 0 Å². The summed E-state index contributed by atoms with van der Waals surface area (Å²) >= 11 is 0. The molecule has 0 spiro atoms. The van der Waals surface area contributed by atoms with Gasteiger partial charge >= 0.3 is 0 Å². The molecule has 29 heavy (non-hydrogen) atoms. The average Bonchev–Trinajstić information content (AvgIpc) is 2.68. The van der Waals surface area contributed by atoms with Gasteiger partial charge in [0, 0.05) is 24.6 Å². The molecule has 0 bridgehead atoms. The summed E-state index contributed by atoms with van der Waals surface area (Å²) in [6, 6.07) is 11.1. The summed E-state index contributed by atoms with van der Waals surface area (Å²) in [6.45, 7) is 6.05. The Morgan fingerprint density at radius 3 is 2.59 bits per heavy atom. The van der Waals surface area contributed by atoms with Gasteiger partial charge in [0.2, 0.25) is 5.91 Å². The zero-order valence-electron chi connectivity index (χ0n) is 17.2. The van der Waals surface area contributed by atoms with Gasteiger partial charge in [0.15, 0.2) is 12.1 Å². The maximum Gasteiger partial charge on any atom is 0.221 e. The fourth-order valence-corrected chi connectivity index (χ4v) is 3.34. The molecule has 1 unspecified atom stereocenters. The number of carbonyl (C=O) groups excluding carboxylic acids is 2. The number of amides is 1. The Balaban J connectivity index is 1.66. The number of allylic oxidation sites excluding steroid dienone is 1. The average molecular weight is 393 g/mol. The van der Waals surface area contributed by atoms with E-state index in [1.807, 2.05) is 32.0 Å². The first-order chi connectivity index (χ1) is 13.9. The molecule has 5 heteroatoms. The third-order valence-corrected chi connectivity index (χ3v) is 4.83. The van der Waals surface area contributed by atoms with Crippen LogP contribution < -0.4 is 10.1 Å². The minimum absolute atomic E-state index is 0.0783. The highest BCUT2D eigenvalue weighted by atomic mass is 16.7. The lowest BCUT2D eigenvalue weighted by Crippen LogP contribution is -2.25. The molecule has 1 heterocycles. The van der Waals surface area contributed by atoms with Gasteiger partial charge in [-0.2, -0.15) is 0 Å². The van der Waals surface area contributed by atoms with Gasteiger partial charge in [-0.25, -0.2) is 0 Å². The van der Waals surface area contributed by atoms with Crippen molar-refractivity contribution in [3.05, 3.63) is 64.7 Å². The first kappa shape index (κ1) is 20.8. The minimum Gasteiger partial charge on any atom is -0.465 e. The molecule has 0 aromatic heterocycles. The van der Waals surface area contributed by atoms with Crippen LogP contribution in [0.2, 0.25) is 0 Å². The van der Waals surface area contributed by atoms with Gasteiger partial charge in [-0.1, -0.05) is 12.1 Å². The van der Waals surface area contributed by atoms with E-state index in [4.69, 9.17) is 9.47 Å². The standard InChI is InChI=1S/C24H27NO4/c1-16-15-20(25-18(3)26)9-10-21(16)22(27)11-7-19-8-12-23(17(2)14-19)29-24-6-4-5-13-28-24/h7-12,14-15,24H,4-6,13H2,1-3H3,(H,25,26). The van der Waals surface area contributed by atoms with Crippen molar-refractivity contribution in [1.29, 1.82) is 0 Å². The molecule has 0 radical (unpaired) electrons. The molecule has 2 aromatic carbocycles. The third kappa shape index (κ3) is 5.78. The van der Waals surface area contributed by atoms with Crippen molar-refractivity contribution in [1.82, 2.24) is 0 Å². The van der Waals surface area contributed by atoms with Gasteiger partial charge in [0.05, 0.1) is 6.61 Å². The predicted octanol–water partition coefficient (Wildman–Crippen LogP) is 5.06. The van der Waals surface area contributed by atoms with Crippen LogP contribution in [0.4, 0.5) is 5.69 Å². The van der Waals surface area contributed by atoms with Crippen LogP contribution in [-0.2, 0) is 9.53 Å². The second kappa shape index (κ2) is 9.52. The molecule has 1 atom stereocenters. The monoisotopic (exact) mass is 393 g/mol. The van der Waals surface area contributed by atoms with E-state index in [9.17, 15) is 9.59 Å². The van der Waals surface area contributed by atoms with E-state index in [2.05, 4.69) is 5.32 Å². The van der Waals surface area contributed by atoms with Gasteiger partial charge in [0.25, 0.3) is 0 Å². The van der Waals surface area contributed by atoms with Gasteiger partial charge in [-0.05, 0) is 79.8 Å². The van der Waals surface area contributed by atoms with Crippen molar-refractivity contribution in [3.8, 4) is 5.75 Å². The molecule has 1 amide bonds. The summed E-state index contributed by atoms with van der Waals surface area (Å²) in [4.78, 5) is 23.7. The number of hydrogen-bond donors (Lipinski definition) is 1. The van der Waals surface area contributed by atoms with Gasteiger partial charge in [-0.3, -0.25) is 9.59 Å². The molecular weight excluding hydrogens is 366 g/mol. The SMILES string of the molecule is CC(=O)Nc1ccc(C(=O)C=Cc2ccc(OC3CCCCO3)c(C)c2)c(C)c1. The lowest BCUT2D eigenvalue weighted by atomic mass is 10.0. The largest absolute Gasteiger partial charge is 0.465 e. The number of aryl methyl sites for hydroxylation is 2. The Bertz CT molecular complexity index is 926. The summed E-state index contributed by atoms with van der Waals surface area (Å²) in [6.07, 6.45) is 6.32. The van der Waals surface area contributed by atoms with Crippen LogP contribution in [0, 0.1) is 13.8 Å². The highest BCUT2D eigenvalue weighted by Crippen LogP contribution is 2.24. The van der Waals surface area contributed by atoms with Crippen LogP contribution >= 0.6 is 0 Å². The summed E-state index contributed by atoms with van der Waals surface area (Å²) in [5.41, 5.74) is 4.05. The van der Waals surface area contributed by atoms with Crippen LogP contribution in [0.3, 0.4) is 0 Å². The quantitative estimate of drug-likeness (QED) is 0.550. The van der Waals surface area contributed by atoms with E-state index in [1.165, 1.54) is 6.92 Å². The van der Waals surface area contributed by atoms with Gasteiger partial charge in [0.1, 0.15) is 5.75 Å².